The molecule has 128 valence electrons. The summed E-state index contributed by atoms with van der Waals surface area (Å²) in [5.74, 6) is -2.22. The molecule has 6 heteroatoms. The number of amides is 2. The van der Waals surface area contributed by atoms with Crippen LogP contribution < -0.4 is 10.6 Å². The minimum absolute atomic E-state index is 0.0988. The van der Waals surface area contributed by atoms with E-state index in [2.05, 4.69) is 10.6 Å². The molecule has 1 aliphatic heterocycles. The van der Waals surface area contributed by atoms with Gasteiger partial charge < -0.3 is 15.4 Å². The first-order valence-corrected chi connectivity index (χ1v) is 7.89. The Balaban J connectivity index is 1.95. The van der Waals surface area contributed by atoms with Gasteiger partial charge in [0.15, 0.2) is 0 Å². The maximum atomic E-state index is 12.8. The Hall–Kier alpha value is -3.15. The van der Waals surface area contributed by atoms with Crippen molar-refractivity contribution in [2.45, 2.75) is 13.3 Å². The third-order valence-electron chi connectivity index (χ3n) is 4.24. The van der Waals surface area contributed by atoms with E-state index in [9.17, 15) is 14.4 Å². The van der Waals surface area contributed by atoms with Gasteiger partial charge in [-0.25, -0.2) is 4.79 Å². The number of hydrogen-bond acceptors (Lipinski definition) is 4. The summed E-state index contributed by atoms with van der Waals surface area (Å²) in [7, 11) is 1.25. The van der Waals surface area contributed by atoms with E-state index in [1.807, 2.05) is 36.4 Å². The number of ether oxygens (including phenoxy) is 1. The molecule has 3 rings (SSSR count). The SMILES string of the molecule is COC(=O)C1=C(C)NC(=O)C[C@@H]1C(=O)Nc1cccc2ccccc12. The second-order valence-electron chi connectivity index (χ2n) is 5.85. The zero-order valence-electron chi connectivity index (χ0n) is 14.0. The summed E-state index contributed by atoms with van der Waals surface area (Å²) in [5, 5.41) is 7.30. The molecule has 6 nitrogen and oxygen atoms in total. The molecule has 0 fully saturated rings. The normalized spacial score (nSPS) is 17.2. The smallest absolute Gasteiger partial charge is 0.336 e. The van der Waals surface area contributed by atoms with Crippen LogP contribution in [0.5, 0.6) is 0 Å². The predicted octanol–water partition coefficient (Wildman–Crippen LogP) is 2.36. The van der Waals surface area contributed by atoms with Crippen LogP contribution in [0.2, 0.25) is 0 Å². The van der Waals surface area contributed by atoms with Gasteiger partial charge in [-0.15, -0.1) is 0 Å². The summed E-state index contributed by atoms with van der Waals surface area (Å²) in [5.41, 5.74) is 1.16. The Labute approximate surface area is 144 Å². The Morgan fingerprint density at radius 1 is 1.16 bits per heavy atom. The number of allylic oxidation sites excluding steroid dienone is 1. The maximum absolute atomic E-state index is 12.8. The second kappa shape index (κ2) is 6.76. The number of rotatable bonds is 3. The summed E-state index contributed by atoms with van der Waals surface area (Å²) in [6, 6.07) is 13.2. The van der Waals surface area contributed by atoms with Crippen molar-refractivity contribution in [2.24, 2.45) is 5.92 Å². The number of carbonyl (C=O) groups excluding carboxylic acids is 3. The van der Waals surface area contributed by atoms with Crippen LogP contribution in [0.4, 0.5) is 5.69 Å². The molecule has 0 radical (unpaired) electrons. The predicted molar refractivity (Wildman–Crippen MR) is 93.5 cm³/mol. The first-order valence-electron chi connectivity index (χ1n) is 7.89. The van der Waals surface area contributed by atoms with E-state index >= 15 is 0 Å². The summed E-state index contributed by atoms with van der Waals surface area (Å²) in [6.07, 6.45) is -0.0988. The molecular formula is C19H18N2O4. The largest absolute Gasteiger partial charge is 0.466 e. The number of fused-ring (bicyclic) bond motifs is 1. The van der Waals surface area contributed by atoms with E-state index in [0.29, 0.717) is 11.4 Å². The lowest BCUT2D eigenvalue weighted by atomic mass is 9.89. The van der Waals surface area contributed by atoms with Crippen molar-refractivity contribution in [1.82, 2.24) is 5.32 Å². The van der Waals surface area contributed by atoms with Gasteiger partial charge in [0.05, 0.1) is 18.6 Å². The molecule has 2 N–H and O–H groups in total. The van der Waals surface area contributed by atoms with Gasteiger partial charge in [-0.05, 0) is 18.4 Å². The quantitative estimate of drug-likeness (QED) is 0.842. The summed E-state index contributed by atoms with van der Waals surface area (Å²) >= 11 is 0. The summed E-state index contributed by atoms with van der Waals surface area (Å²) < 4.78 is 4.77. The van der Waals surface area contributed by atoms with Crippen LogP contribution in [0.25, 0.3) is 10.8 Å². The number of carbonyl (C=O) groups is 3. The van der Waals surface area contributed by atoms with E-state index in [1.165, 1.54) is 7.11 Å². The second-order valence-corrected chi connectivity index (χ2v) is 5.85. The average molecular weight is 338 g/mol. The van der Waals surface area contributed by atoms with Gasteiger partial charge in [0.2, 0.25) is 11.8 Å². The molecule has 1 heterocycles. The van der Waals surface area contributed by atoms with Crippen LogP contribution in [0.15, 0.2) is 53.7 Å². The van der Waals surface area contributed by atoms with Crippen LogP contribution >= 0.6 is 0 Å². The lowest BCUT2D eigenvalue weighted by Gasteiger charge is -2.25. The van der Waals surface area contributed by atoms with Crippen LogP contribution in [-0.4, -0.2) is 24.9 Å². The standard InChI is InChI=1S/C19H18N2O4/c1-11-17(19(24)25-2)14(10-16(22)20-11)18(23)21-15-9-5-7-12-6-3-4-8-13(12)15/h3-9,14H,10H2,1-2H3,(H,20,22)(H,21,23)/t14-/m0/s1. The van der Waals surface area contributed by atoms with Crippen LogP contribution in [0, 0.1) is 5.92 Å². The number of methoxy groups -OCH3 is 1. The van der Waals surface area contributed by atoms with Crippen LogP contribution in [0.1, 0.15) is 13.3 Å². The van der Waals surface area contributed by atoms with Gasteiger partial charge in [-0.3, -0.25) is 9.59 Å². The fourth-order valence-corrected chi connectivity index (χ4v) is 3.06. The van der Waals surface area contributed by atoms with Gasteiger partial charge in [0.25, 0.3) is 0 Å². The molecule has 25 heavy (non-hydrogen) atoms. The minimum atomic E-state index is -0.889. The maximum Gasteiger partial charge on any atom is 0.336 e. The molecule has 0 saturated carbocycles. The van der Waals surface area contributed by atoms with Gasteiger partial charge >= 0.3 is 5.97 Å². The molecule has 0 aromatic heterocycles. The molecule has 2 aromatic carbocycles. The summed E-state index contributed by atoms with van der Waals surface area (Å²) in [4.78, 5) is 36.7. The Bertz CT molecular complexity index is 896. The lowest BCUT2D eigenvalue weighted by Crippen LogP contribution is -2.40. The highest BCUT2D eigenvalue weighted by atomic mass is 16.5. The molecule has 0 unspecified atom stereocenters. The highest BCUT2D eigenvalue weighted by Crippen LogP contribution is 2.28. The van der Waals surface area contributed by atoms with E-state index in [4.69, 9.17) is 4.74 Å². The Kier molecular flexibility index (Phi) is 4.52. The first kappa shape index (κ1) is 16.7. The molecule has 2 amide bonds. The molecule has 0 bridgehead atoms. The Morgan fingerprint density at radius 2 is 1.88 bits per heavy atom. The van der Waals surface area contributed by atoms with E-state index in [0.717, 1.165) is 10.8 Å². The van der Waals surface area contributed by atoms with E-state index < -0.39 is 17.8 Å². The number of anilines is 1. The number of benzene rings is 2. The zero-order chi connectivity index (χ0) is 18.0. The van der Waals surface area contributed by atoms with Crippen LogP contribution in [-0.2, 0) is 19.1 Å². The monoisotopic (exact) mass is 338 g/mol. The van der Waals surface area contributed by atoms with E-state index in [1.54, 1.807) is 13.0 Å². The van der Waals surface area contributed by atoms with Gasteiger partial charge in [0, 0.05) is 23.2 Å². The molecule has 1 atom stereocenters. The van der Waals surface area contributed by atoms with Crippen molar-refractivity contribution in [3.8, 4) is 0 Å². The fraction of sp³-hybridized carbons (Fsp3) is 0.211. The van der Waals surface area contributed by atoms with Crippen molar-refractivity contribution in [2.75, 3.05) is 12.4 Å². The third-order valence-corrected chi connectivity index (χ3v) is 4.24. The minimum Gasteiger partial charge on any atom is -0.466 e. The van der Waals surface area contributed by atoms with Crippen LogP contribution in [0.3, 0.4) is 0 Å². The number of hydrogen-bond donors (Lipinski definition) is 2. The molecule has 0 aliphatic carbocycles. The molecule has 0 saturated heterocycles. The fourth-order valence-electron chi connectivity index (χ4n) is 3.06. The Morgan fingerprint density at radius 3 is 2.64 bits per heavy atom. The van der Waals surface area contributed by atoms with Crippen molar-refractivity contribution in [3.05, 3.63) is 53.7 Å². The molecule has 1 aliphatic rings. The van der Waals surface area contributed by atoms with E-state index in [-0.39, 0.29) is 17.9 Å². The molecular weight excluding hydrogens is 320 g/mol. The van der Waals surface area contributed by atoms with Gasteiger partial charge in [-0.2, -0.15) is 0 Å². The zero-order valence-corrected chi connectivity index (χ0v) is 14.0. The lowest BCUT2D eigenvalue weighted by molar-refractivity contribution is -0.139. The highest BCUT2D eigenvalue weighted by molar-refractivity contribution is 6.09. The van der Waals surface area contributed by atoms with Crippen molar-refractivity contribution >= 4 is 34.2 Å². The number of nitrogens with one attached hydrogen (secondary N) is 2. The topological polar surface area (TPSA) is 84.5 Å². The van der Waals surface area contributed by atoms with Crippen molar-refractivity contribution in [3.63, 3.8) is 0 Å². The average Bonchev–Trinajstić information content (AvgIpc) is 2.60. The van der Waals surface area contributed by atoms with Gasteiger partial charge in [-0.1, -0.05) is 36.4 Å². The highest BCUT2D eigenvalue weighted by Gasteiger charge is 2.36. The third kappa shape index (κ3) is 3.24. The number of esters is 1. The van der Waals surface area contributed by atoms with Crippen molar-refractivity contribution < 1.29 is 19.1 Å². The first-order chi connectivity index (χ1) is 12.0. The van der Waals surface area contributed by atoms with Crippen molar-refractivity contribution in [1.29, 1.82) is 0 Å². The van der Waals surface area contributed by atoms with Gasteiger partial charge in [0.1, 0.15) is 0 Å². The molecule has 2 aromatic rings. The molecule has 0 spiro atoms. The summed E-state index contributed by atoms with van der Waals surface area (Å²) in [6.45, 7) is 1.58.